The summed E-state index contributed by atoms with van der Waals surface area (Å²) >= 11 is 1.39. The monoisotopic (exact) mass is 386 g/mol. The minimum Gasteiger partial charge on any atom is -0.495 e. The molecule has 0 aliphatic carbocycles. The van der Waals surface area contributed by atoms with Gasteiger partial charge in [0.1, 0.15) is 21.7 Å². The van der Waals surface area contributed by atoms with Crippen molar-refractivity contribution < 1.29 is 23.7 Å². The number of benzene rings is 2. The van der Waals surface area contributed by atoms with E-state index in [0.717, 1.165) is 21.5 Å². The largest absolute Gasteiger partial charge is 0.495 e. The first-order valence-electron chi connectivity index (χ1n) is 8.27. The highest BCUT2D eigenvalue weighted by atomic mass is 32.1. The van der Waals surface area contributed by atoms with E-state index in [9.17, 15) is 4.79 Å². The second-order valence-corrected chi connectivity index (χ2v) is 6.94. The zero-order valence-corrected chi connectivity index (χ0v) is 16.0. The van der Waals surface area contributed by atoms with E-state index in [-0.39, 0.29) is 19.1 Å². The van der Waals surface area contributed by atoms with E-state index in [0.29, 0.717) is 22.0 Å². The number of nitrogens with zero attached hydrogens (tertiary/aromatic N) is 2. The maximum absolute atomic E-state index is 12.5. The topological polar surface area (TPSA) is 71.3 Å². The molecule has 1 aliphatic heterocycles. The van der Waals surface area contributed by atoms with E-state index >= 15 is 0 Å². The van der Waals surface area contributed by atoms with Crippen LogP contribution in [0.2, 0.25) is 0 Å². The number of carbonyl (C=O) groups is 1. The van der Waals surface area contributed by atoms with Crippen LogP contribution in [-0.2, 0) is 18.3 Å². The molecule has 4 rings (SSSR count). The molecule has 140 valence electrons. The summed E-state index contributed by atoms with van der Waals surface area (Å²) in [5, 5.41) is 0. The van der Waals surface area contributed by atoms with Crippen molar-refractivity contribution in [2.45, 2.75) is 6.42 Å². The van der Waals surface area contributed by atoms with Gasteiger partial charge in [-0.3, -0.25) is 4.79 Å². The second kappa shape index (κ2) is 6.96. The van der Waals surface area contributed by atoms with Crippen LogP contribution in [0.1, 0.15) is 5.56 Å². The molecule has 0 saturated carbocycles. The molecule has 0 spiro atoms. The van der Waals surface area contributed by atoms with Gasteiger partial charge in [-0.1, -0.05) is 17.4 Å². The maximum Gasteiger partial charge on any atom is 0.252 e. The molecule has 0 atom stereocenters. The van der Waals surface area contributed by atoms with E-state index in [1.54, 1.807) is 20.3 Å². The van der Waals surface area contributed by atoms with Gasteiger partial charge in [0.25, 0.3) is 5.91 Å². The number of fused-ring (bicyclic) bond motifs is 2. The molecule has 27 heavy (non-hydrogen) atoms. The third kappa shape index (κ3) is 3.12. The summed E-state index contributed by atoms with van der Waals surface area (Å²) < 4.78 is 24.2. The quantitative estimate of drug-likeness (QED) is 0.689. The van der Waals surface area contributed by atoms with Crippen molar-refractivity contribution in [3.63, 3.8) is 0 Å². The first-order chi connectivity index (χ1) is 13.1. The van der Waals surface area contributed by atoms with Crippen molar-refractivity contribution >= 4 is 27.5 Å². The number of aryl methyl sites for hydroxylation is 1. The Morgan fingerprint density at radius 1 is 1.15 bits per heavy atom. The van der Waals surface area contributed by atoms with Gasteiger partial charge in [0.15, 0.2) is 16.3 Å². The van der Waals surface area contributed by atoms with Gasteiger partial charge in [0, 0.05) is 7.05 Å². The fourth-order valence-electron chi connectivity index (χ4n) is 3.00. The number of amides is 1. The molecule has 0 unspecified atom stereocenters. The van der Waals surface area contributed by atoms with E-state index in [2.05, 4.69) is 4.99 Å². The lowest BCUT2D eigenvalue weighted by Crippen LogP contribution is -2.14. The lowest BCUT2D eigenvalue weighted by Gasteiger charge is -2.06. The number of carbonyl (C=O) groups excluding carboxylic acids is 1. The van der Waals surface area contributed by atoms with Gasteiger partial charge in [-0.05, 0) is 29.8 Å². The lowest BCUT2D eigenvalue weighted by molar-refractivity contribution is -0.117. The molecule has 1 aromatic heterocycles. The van der Waals surface area contributed by atoms with E-state index < -0.39 is 0 Å². The lowest BCUT2D eigenvalue weighted by atomic mass is 10.1. The third-order valence-corrected chi connectivity index (χ3v) is 5.47. The van der Waals surface area contributed by atoms with Gasteiger partial charge in [-0.2, -0.15) is 4.99 Å². The predicted molar refractivity (Wildman–Crippen MR) is 101 cm³/mol. The fraction of sp³-hybridized carbons (Fsp3) is 0.263. The number of hydrogen-bond donors (Lipinski definition) is 0. The Morgan fingerprint density at radius 3 is 2.67 bits per heavy atom. The van der Waals surface area contributed by atoms with Crippen molar-refractivity contribution in [3.05, 3.63) is 40.7 Å². The summed E-state index contributed by atoms with van der Waals surface area (Å²) in [6, 6.07) is 9.15. The highest BCUT2D eigenvalue weighted by Crippen LogP contribution is 2.35. The van der Waals surface area contributed by atoms with Gasteiger partial charge in [-0.25, -0.2) is 0 Å². The summed E-state index contributed by atoms with van der Waals surface area (Å²) in [7, 11) is 5.08. The van der Waals surface area contributed by atoms with Crippen molar-refractivity contribution in [3.8, 4) is 23.0 Å². The van der Waals surface area contributed by atoms with Crippen LogP contribution >= 0.6 is 11.3 Å². The Balaban J connectivity index is 1.70. The summed E-state index contributed by atoms with van der Waals surface area (Å²) in [5.74, 6) is 2.53. The summed E-state index contributed by atoms with van der Waals surface area (Å²) in [4.78, 5) is 17.4. The maximum atomic E-state index is 12.5. The van der Waals surface area contributed by atoms with Crippen LogP contribution in [0.3, 0.4) is 0 Å². The number of ether oxygens (including phenoxy) is 4. The normalized spacial score (nSPS) is 13.2. The van der Waals surface area contributed by atoms with Crippen molar-refractivity contribution in [2.24, 2.45) is 12.0 Å². The second-order valence-electron chi connectivity index (χ2n) is 5.96. The molecule has 0 radical (unpaired) electrons. The molecule has 1 aliphatic rings. The van der Waals surface area contributed by atoms with Gasteiger partial charge in [0.05, 0.1) is 20.6 Å². The smallest absolute Gasteiger partial charge is 0.252 e. The Labute approximate surface area is 159 Å². The summed E-state index contributed by atoms with van der Waals surface area (Å²) in [6.07, 6.45) is 0.180. The number of methoxy groups -OCH3 is 2. The van der Waals surface area contributed by atoms with E-state index in [1.165, 1.54) is 11.3 Å². The molecule has 8 heteroatoms. The first kappa shape index (κ1) is 17.4. The summed E-state index contributed by atoms with van der Waals surface area (Å²) in [5.41, 5.74) is 1.67. The number of thiazole rings is 1. The SMILES string of the molecule is COc1ccc(OC)c2c1sc(=NC(=O)Cc1ccc3c(c1)OCO3)n2C. The predicted octanol–water partition coefficient (Wildman–Crippen LogP) is 2.66. The van der Waals surface area contributed by atoms with Crippen molar-refractivity contribution in [2.75, 3.05) is 21.0 Å². The van der Waals surface area contributed by atoms with Crippen LogP contribution in [0.25, 0.3) is 10.2 Å². The third-order valence-electron chi connectivity index (χ3n) is 4.33. The molecular weight excluding hydrogens is 368 g/mol. The van der Waals surface area contributed by atoms with E-state index in [4.69, 9.17) is 18.9 Å². The Kier molecular flexibility index (Phi) is 4.49. The van der Waals surface area contributed by atoms with Gasteiger partial charge in [0.2, 0.25) is 6.79 Å². The van der Waals surface area contributed by atoms with Gasteiger partial charge in [-0.15, -0.1) is 0 Å². The molecule has 0 fully saturated rings. The van der Waals surface area contributed by atoms with Crippen LogP contribution in [0, 0.1) is 0 Å². The van der Waals surface area contributed by atoms with Gasteiger partial charge < -0.3 is 23.5 Å². The standard InChI is InChI=1S/C19H18N2O5S/c1-21-17-13(23-2)6-7-14(24-3)18(17)27-19(21)20-16(22)9-11-4-5-12-15(8-11)26-10-25-12/h4-8H,9-10H2,1-3H3. The van der Waals surface area contributed by atoms with Gasteiger partial charge >= 0.3 is 0 Å². The average Bonchev–Trinajstić information content (AvgIpc) is 3.26. The van der Waals surface area contributed by atoms with Crippen LogP contribution in [0.5, 0.6) is 23.0 Å². The highest BCUT2D eigenvalue weighted by Gasteiger charge is 2.16. The minimum atomic E-state index is -0.242. The average molecular weight is 386 g/mol. The minimum absolute atomic E-state index is 0.180. The summed E-state index contributed by atoms with van der Waals surface area (Å²) in [6.45, 7) is 0.207. The van der Waals surface area contributed by atoms with Crippen LogP contribution in [0.15, 0.2) is 35.3 Å². The van der Waals surface area contributed by atoms with Crippen molar-refractivity contribution in [1.82, 2.24) is 4.57 Å². The Morgan fingerprint density at radius 2 is 1.89 bits per heavy atom. The fourth-order valence-corrected chi connectivity index (χ4v) is 4.15. The van der Waals surface area contributed by atoms with E-state index in [1.807, 2.05) is 35.9 Å². The molecule has 0 bridgehead atoms. The van der Waals surface area contributed by atoms with Crippen molar-refractivity contribution in [1.29, 1.82) is 0 Å². The molecule has 2 aromatic carbocycles. The molecule has 0 saturated heterocycles. The molecule has 1 amide bonds. The molecule has 3 aromatic rings. The zero-order chi connectivity index (χ0) is 19.0. The number of hydrogen-bond acceptors (Lipinski definition) is 6. The molecule has 7 nitrogen and oxygen atoms in total. The zero-order valence-electron chi connectivity index (χ0n) is 15.1. The highest BCUT2D eigenvalue weighted by molar-refractivity contribution is 7.16. The first-order valence-corrected chi connectivity index (χ1v) is 9.09. The molecule has 2 heterocycles. The number of rotatable bonds is 4. The van der Waals surface area contributed by atoms with Crippen LogP contribution in [0.4, 0.5) is 0 Å². The number of aromatic nitrogens is 1. The molecule has 0 N–H and O–H groups in total. The van der Waals surface area contributed by atoms with Crippen LogP contribution < -0.4 is 23.7 Å². The van der Waals surface area contributed by atoms with Crippen LogP contribution in [-0.4, -0.2) is 31.5 Å². The molecular formula is C19H18N2O5S. The Hall–Kier alpha value is -3.00. The Bertz CT molecular complexity index is 1100.